The average molecular weight is 513 g/mol. The smallest absolute Gasteiger partial charge is 0.308 e. The number of amides is 1. The summed E-state index contributed by atoms with van der Waals surface area (Å²) in [5.41, 5.74) is 0.756. The van der Waals surface area contributed by atoms with Gasteiger partial charge < -0.3 is 9.84 Å². The summed E-state index contributed by atoms with van der Waals surface area (Å²) in [6.07, 6.45) is 0. The van der Waals surface area contributed by atoms with Crippen LogP contribution in [0, 0.1) is 23.2 Å². The average Bonchev–Trinajstić information content (AvgIpc) is 2.73. The Hall–Kier alpha value is -2.26. The SMILES string of the molecule is CC#CCOc1ccc(S(=O)(=O)N2C([C@@H](C(=O)O)C(C)(C)C)CSC(C)(C)[C@@H]2C(=O)NO)cc1. The first kappa shape index (κ1) is 28.0. The molecule has 0 spiro atoms. The van der Waals surface area contributed by atoms with Crippen molar-refractivity contribution >= 4 is 33.7 Å². The predicted molar refractivity (Wildman–Crippen MR) is 129 cm³/mol. The number of ether oxygens (including phenoxy) is 1. The van der Waals surface area contributed by atoms with Crippen molar-refractivity contribution in [3.8, 4) is 17.6 Å². The van der Waals surface area contributed by atoms with Gasteiger partial charge in [0.15, 0.2) is 0 Å². The molecule has 11 heteroatoms. The molecule has 1 aromatic carbocycles. The highest BCUT2D eigenvalue weighted by molar-refractivity contribution is 8.01. The summed E-state index contributed by atoms with van der Waals surface area (Å²) in [6, 6.07) is 3.24. The zero-order chi connectivity index (χ0) is 25.9. The molecule has 0 saturated carbocycles. The molecule has 0 radical (unpaired) electrons. The molecule has 34 heavy (non-hydrogen) atoms. The van der Waals surface area contributed by atoms with Gasteiger partial charge in [-0.3, -0.25) is 14.8 Å². The van der Waals surface area contributed by atoms with Crippen molar-refractivity contribution in [3.63, 3.8) is 0 Å². The number of aliphatic carboxylic acids is 1. The number of carbonyl (C=O) groups is 2. The van der Waals surface area contributed by atoms with Gasteiger partial charge in [0.1, 0.15) is 18.4 Å². The van der Waals surface area contributed by atoms with Gasteiger partial charge in [0.25, 0.3) is 5.91 Å². The van der Waals surface area contributed by atoms with Gasteiger partial charge in [-0.05, 0) is 50.5 Å². The maximum atomic E-state index is 13.9. The Morgan fingerprint density at radius 3 is 2.35 bits per heavy atom. The van der Waals surface area contributed by atoms with E-state index in [-0.39, 0.29) is 17.3 Å². The minimum atomic E-state index is -4.37. The number of nitrogens with zero attached hydrogens (tertiary/aromatic N) is 1. The molecular weight excluding hydrogens is 480 g/mol. The van der Waals surface area contributed by atoms with Crippen LogP contribution >= 0.6 is 11.8 Å². The number of thioether (sulfide) groups is 1. The number of benzene rings is 1. The molecule has 1 amide bonds. The van der Waals surface area contributed by atoms with Crippen LogP contribution in [0.15, 0.2) is 29.2 Å². The Morgan fingerprint density at radius 2 is 1.88 bits per heavy atom. The fourth-order valence-electron chi connectivity index (χ4n) is 4.14. The van der Waals surface area contributed by atoms with E-state index in [4.69, 9.17) is 4.74 Å². The van der Waals surface area contributed by atoms with E-state index in [0.29, 0.717) is 5.75 Å². The van der Waals surface area contributed by atoms with Crippen LogP contribution in [0.3, 0.4) is 0 Å². The Kier molecular flexibility index (Phi) is 8.69. The maximum Gasteiger partial charge on any atom is 0.308 e. The summed E-state index contributed by atoms with van der Waals surface area (Å²) in [5, 5.41) is 19.5. The van der Waals surface area contributed by atoms with Crippen molar-refractivity contribution in [1.29, 1.82) is 0 Å². The third-order valence-electron chi connectivity index (χ3n) is 5.70. The Bertz CT molecular complexity index is 1070. The summed E-state index contributed by atoms with van der Waals surface area (Å²) in [4.78, 5) is 25.0. The van der Waals surface area contributed by atoms with E-state index in [1.807, 2.05) is 0 Å². The second-order valence-electron chi connectivity index (χ2n) is 9.56. The molecule has 188 valence electrons. The van der Waals surface area contributed by atoms with Crippen LogP contribution < -0.4 is 10.2 Å². The Morgan fingerprint density at radius 1 is 1.29 bits per heavy atom. The van der Waals surface area contributed by atoms with Crippen molar-refractivity contribution < 1.29 is 33.1 Å². The summed E-state index contributed by atoms with van der Waals surface area (Å²) >= 11 is 1.30. The molecule has 9 nitrogen and oxygen atoms in total. The first-order valence-corrected chi connectivity index (χ1v) is 13.1. The summed E-state index contributed by atoms with van der Waals surface area (Å²) in [5.74, 6) is 2.80. The predicted octanol–water partition coefficient (Wildman–Crippen LogP) is 2.59. The molecule has 3 N–H and O–H groups in total. The zero-order valence-electron chi connectivity index (χ0n) is 20.2. The molecule has 1 aromatic rings. The lowest BCUT2D eigenvalue weighted by Crippen LogP contribution is -2.67. The Labute approximate surface area is 205 Å². The van der Waals surface area contributed by atoms with Gasteiger partial charge in [-0.15, -0.1) is 5.92 Å². The number of carbonyl (C=O) groups excluding carboxylic acids is 1. The number of hydroxylamine groups is 1. The first-order valence-electron chi connectivity index (χ1n) is 10.6. The molecule has 2 rings (SSSR count). The van der Waals surface area contributed by atoms with Gasteiger partial charge in [0.05, 0.1) is 10.8 Å². The molecule has 1 aliphatic heterocycles. The number of rotatable bonds is 7. The highest BCUT2D eigenvalue weighted by atomic mass is 32.2. The standard InChI is InChI=1S/C23H32N2O7S2/c1-7-8-13-32-15-9-11-16(12-10-15)34(30,31)25-17(18(21(27)28)22(2,3)4)14-33-23(5,6)19(25)20(26)24-29/h9-12,17-19,29H,13-14H2,1-6H3,(H,24,26)(H,27,28)/t17?,18-,19-/m0/s1. The highest BCUT2D eigenvalue weighted by Gasteiger charge is 2.56. The second-order valence-corrected chi connectivity index (χ2v) is 13.1. The van der Waals surface area contributed by atoms with E-state index in [1.165, 1.54) is 36.0 Å². The monoisotopic (exact) mass is 512 g/mol. The lowest BCUT2D eigenvalue weighted by atomic mass is 9.76. The molecule has 3 atom stereocenters. The van der Waals surface area contributed by atoms with Gasteiger partial charge in [0.2, 0.25) is 10.0 Å². The molecule has 1 heterocycles. The van der Waals surface area contributed by atoms with Crippen LogP contribution in [0.1, 0.15) is 41.5 Å². The van der Waals surface area contributed by atoms with Crippen LogP contribution in [-0.4, -0.2) is 64.1 Å². The second kappa shape index (κ2) is 10.6. The number of nitrogens with one attached hydrogen (secondary N) is 1. The Balaban J connectivity index is 2.66. The van der Waals surface area contributed by atoms with Crippen LogP contribution in [0.2, 0.25) is 0 Å². The van der Waals surface area contributed by atoms with Crippen molar-refractivity contribution in [2.75, 3.05) is 12.4 Å². The molecule has 0 aliphatic carbocycles. The minimum absolute atomic E-state index is 0.122. The van der Waals surface area contributed by atoms with E-state index in [2.05, 4.69) is 11.8 Å². The number of carboxylic acids is 1. The van der Waals surface area contributed by atoms with E-state index in [9.17, 15) is 28.3 Å². The van der Waals surface area contributed by atoms with Crippen molar-refractivity contribution in [3.05, 3.63) is 24.3 Å². The van der Waals surface area contributed by atoms with Gasteiger partial charge in [-0.25, -0.2) is 13.9 Å². The molecule has 0 bridgehead atoms. The van der Waals surface area contributed by atoms with E-state index >= 15 is 0 Å². The van der Waals surface area contributed by atoms with E-state index < -0.39 is 50.1 Å². The molecule has 0 aromatic heterocycles. The third-order valence-corrected chi connectivity index (χ3v) is 9.08. The third kappa shape index (κ3) is 5.86. The highest BCUT2D eigenvalue weighted by Crippen LogP contribution is 2.46. The van der Waals surface area contributed by atoms with Crippen molar-refractivity contribution in [1.82, 2.24) is 9.79 Å². The van der Waals surface area contributed by atoms with E-state index in [0.717, 1.165) is 4.31 Å². The van der Waals surface area contributed by atoms with Gasteiger partial charge in [-0.1, -0.05) is 26.7 Å². The van der Waals surface area contributed by atoms with Crippen LogP contribution in [0.25, 0.3) is 0 Å². The number of hydrogen-bond donors (Lipinski definition) is 3. The normalized spacial score (nSPS) is 21.6. The maximum absolute atomic E-state index is 13.9. The molecular formula is C23H32N2O7S2. The number of carboxylic acid groups (broad SMARTS) is 1. The summed E-state index contributed by atoms with van der Waals surface area (Å²) in [7, 11) is -4.37. The van der Waals surface area contributed by atoms with Crippen LogP contribution in [-0.2, 0) is 19.6 Å². The lowest BCUT2D eigenvalue weighted by Gasteiger charge is -2.51. The van der Waals surface area contributed by atoms with Crippen LogP contribution in [0.4, 0.5) is 0 Å². The minimum Gasteiger partial charge on any atom is -0.481 e. The number of sulfonamides is 1. The molecule has 1 unspecified atom stereocenters. The van der Waals surface area contributed by atoms with Crippen LogP contribution in [0.5, 0.6) is 5.75 Å². The van der Waals surface area contributed by atoms with Gasteiger partial charge in [-0.2, -0.15) is 16.1 Å². The number of hydrogen-bond acceptors (Lipinski definition) is 7. The fourth-order valence-corrected chi connectivity index (χ4v) is 7.54. The fraction of sp³-hybridized carbons (Fsp3) is 0.565. The summed E-state index contributed by atoms with van der Waals surface area (Å²) < 4.78 is 33.4. The molecule has 1 aliphatic rings. The quantitative estimate of drug-likeness (QED) is 0.288. The topological polar surface area (TPSA) is 133 Å². The van der Waals surface area contributed by atoms with Crippen molar-refractivity contribution in [2.24, 2.45) is 11.3 Å². The summed E-state index contributed by atoms with van der Waals surface area (Å²) in [6.45, 7) is 10.3. The van der Waals surface area contributed by atoms with Gasteiger partial charge >= 0.3 is 5.97 Å². The largest absolute Gasteiger partial charge is 0.481 e. The van der Waals surface area contributed by atoms with Crippen molar-refractivity contribution in [2.45, 2.75) is 63.3 Å². The zero-order valence-corrected chi connectivity index (χ0v) is 21.8. The first-order chi connectivity index (χ1) is 15.7. The lowest BCUT2D eigenvalue weighted by molar-refractivity contribution is -0.149. The molecule has 1 fully saturated rings. The van der Waals surface area contributed by atoms with Gasteiger partial charge in [0, 0.05) is 16.5 Å². The molecule has 1 saturated heterocycles. The van der Waals surface area contributed by atoms with E-state index in [1.54, 1.807) is 47.0 Å².